The van der Waals surface area contributed by atoms with Gasteiger partial charge in [-0.1, -0.05) is 0 Å². The number of rotatable bonds is 6. The fraction of sp³-hybridized carbons (Fsp3) is 0.593. The van der Waals surface area contributed by atoms with Crippen LogP contribution in [0.5, 0.6) is 0 Å². The van der Waals surface area contributed by atoms with Crippen molar-refractivity contribution in [1.29, 1.82) is 0 Å². The highest BCUT2D eigenvalue weighted by molar-refractivity contribution is 7.89. The minimum atomic E-state index is -4.77. The summed E-state index contributed by atoms with van der Waals surface area (Å²) in [6, 6.07) is 1.57. The van der Waals surface area contributed by atoms with Gasteiger partial charge in [0.1, 0.15) is 29.0 Å². The average Bonchev–Trinajstić information content (AvgIpc) is 2.89. The molecule has 3 N–H and O–H groups in total. The Hall–Kier alpha value is -3.31. The summed E-state index contributed by atoms with van der Waals surface area (Å²) in [5.41, 5.74) is -3.22. The van der Waals surface area contributed by atoms with E-state index < -0.39 is 74.3 Å². The van der Waals surface area contributed by atoms with Crippen molar-refractivity contribution in [3.8, 4) is 0 Å². The van der Waals surface area contributed by atoms with Crippen LogP contribution in [-0.4, -0.2) is 84.1 Å². The lowest BCUT2D eigenvalue weighted by Crippen LogP contribution is -2.54. The number of aromatic nitrogens is 2. The minimum Gasteiger partial charge on any atom is -0.444 e. The third-order valence-electron chi connectivity index (χ3n) is 7.21. The number of amides is 1. The highest BCUT2D eigenvalue weighted by Gasteiger charge is 2.39. The summed E-state index contributed by atoms with van der Waals surface area (Å²) >= 11 is 0. The minimum absolute atomic E-state index is 0.0333. The number of sulfonamides is 1. The van der Waals surface area contributed by atoms with E-state index in [1.165, 1.54) is 4.90 Å². The van der Waals surface area contributed by atoms with Crippen molar-refractivity contribution in [2.24, 2.45) is 0 Å². The second-order valence-electron chi connectivity index (χ2n) is 12.1. The van der Waals surface area contributed by atoms with Crippen molar-refractivity contribution >= 4 is 33.6 Å². The molecule has 2 aromatic rings. The quantitative estimate of drug-likeness (QED) is 0.390. The first-order valence-corrected chi connectivity index (χ1v) is 15.3. The molecule has 2 aliphatic heterocycles. The van der Waals surface area contributed by atoms with Gasteiger partial charge < -0.3 is 25.0 Å². The van der Waals surface area contributed by atoms with Gasteiger partial charge in [-0.15, -0.1) is 0 Å². The monoisotopic (exact) mass is 650 g/mol. The number of nitrogens with zero attached hydrogens (tertiary/aromatic N) is 4. The number of piperidine rings is 2. The Morgan fingerprint density at radius 1 is 1.16 bits per heavy atom. The van der Waals surface area contributed by atoms with Crippen molar-refractivity contribution in [3.63, 3.8) is 0 Å². The summed E-state index contributed by atoms with van der Waals surface area (Å²) in [7, 11) is -4.40. The van der Waals surface area contributed by atoms with E-state index in [0.29, 0.717) is 12.3 Å². The molecule has 0 saturated carbocycles. The van der Waals surface area contributed by atoms with Gasteiger partial charge in [0.2, 0.25) is 16.0 Å². The SMILES string of the molecule is CC1(O)CCN(c2nc(Nc3ccc(S(=O)(=O)N[C@@H]4CCN(C(=O)OC(C)(C)C)C[C@@H]4F)cc3F)ncc2C(F)(F)F)CC1. The fourth-order valence-corrected chi connectivity index (χ4v) is 6.06. The summed E-state index contributed by atoms with van der Waals surface area (Å²) in [4.78, 5) is 21.9. The van der Waals surface area contributed by atoms with Crippen molar-refractivity contribution in [2.45, 2.75) is 81.4 Å². The van der Waals surface area contributed by atoms with Gasteiger partial charge in [-0.3, -0.25) is 0 Å². The largest absolute Gasteiger partial charge is 0.444 e. The van der Waals surface area contributed by atoms with Crippen LogP contribution in [-0.2, 0) is 20.9 Å². The number of carbonyl (C=O) groups is 1. The van der Waals surface area contributed by atoms with Gasteiger partial charge in [-0.05, 0) is 65.2 Å². The molecule has 17 heteroatoms. The predicted octanol–water partition coefficient (Wildman–Crippen LogP) is 4.36. The number of carbonyl (C=O) groups excluding carboxylic acids is 1. The van der Waals surface area contributed by atoms with E-state index in [9.17, 15) is 35.9 Å². The van der Waals surface area contributed by atoms with Crippen LogP contribution >= 0.6 is 0 Å². The third-order valence-corrected chi connectivity index (χ3v) is 8.70. The fourth-order valence-electron chi connectivity index (χ4n) is 4.76. The van der Waals surface area contributed by atoms with Crippen LogP contribution in [0.1, 0.15) is 52.5 Å². The van der Waals surface area contributed by atoms with Gasteiger partial charge in [0.15, 0.2) is 0 Å². The molecule has 4 rings (SSSR count). The Bertz CT molecular complexity index is 1470. The first-order chi connectivity index (χ1) is 20.2. The molecule has 0 radical (unpaired) electrons. The zero-order valence-electron chi connectivity index (χ0n) is 24.6. The van der Waals surface area contributed by atoms with Crippen molar-refractivity contribution in [1.82, 2.24) is 19.6 Å². The summed E-state index contributed by atoms with van der Waals surface area (Å²) in [6.45, 7) is 6.41. The van der Waals surface area contributed by atoms with Crippen LogP contribution in [0, 0.1) is 5.82 Å². The van der Waals surface area contributed by atoms with Crippen LogP contribution in [0.25, 0.3) is 0 Å². The molecule has 2 aliphatic rings. The predicted molar refractivity (Wildman–Crippen MR) is 150 cm³/mol. The number of anilines is 3. The van der Waals surface area contributed by atoms with Crippen LogP contribution < -0.4 is 14.9 Å². The first-order valence-electron chi connectivity index (χ1n) is 13.9. The van der Waals surface area contributed by atoms with Crippen LogP contribution in [0.15, 0.2) is 29.3 Å². The maximum absolute atomic E-state index is 15.0. The lowest BCUT2D eigenvalue weighted by atomic mass is 9.94. The Balaban J connectivity index is 1.46. The summed E-state index contributed by atoms with van der Waals surface area (Å²) < 4.78 is 104. The molecule has 0 unspecified atom stereocenters. The lowest BCUT2D eigenvalue weighted by Gasteiger charge is -2.37. The van der Waals surface area contributed by atoms with Crippen molar-refractivity contribution in [3.05, 3.63) is 35.8 Å². The maximum atomic E-state index is 15.0. The number of ether oxygens (including phenoxy) is 1. The second-order valence-corrected chi connectivity index (χ2v) is 13.9. The van der Waals surface area contributed by atoms with Gasteiger partial charge in [0, 0.05) is 25.8 Å². The van der Waals surface area contributed by atoms with Gasteiger partial charge in [-0.2, -0.15) is 18.2 Å². The standard InChI is InChI=1S/C27H35F5N6O5S/c1-25(2,3)43-24(39)38-10-7-21(19(29)15-38)36-44(41,42)16-5-6-20(18(28)13-16)34-23-33-14-17(27(30,31)32)22(35-23)37-11-8-26(4,40)9-12-37/h5-6,13-14,19,21,36,40H,7-12,15H2,1-4H3,(H,33,34,35)/t19-,21+/m0/s1. The number of alkyl halides is 4. The number of nitrogens with one attached hydrogen (secondary N) is 2. The topological polar surface area (TPSA) is 137 Å². The molecule has 1 aromatic carbocycles. The molecule has 2 saturated heterocycles. The highest BCUT2D eigenvalue weighted by atomic mass is 32.2. The van der Waals surface area contributed by atoms with Crippen LogP contribution in [0.3, 0.4) is 0 Å². The molecule has 0 aliphatic carbocycles. The summed E-state index contributed by atoms with van der Waals surface area (Å²) in [6.07, 6.45) is -6.31. The van der Waals surface area contributed by atoms with E-state index in [1.54, 1.807) is 27.7 Å². The van der Waals surface area contributed by atoms with E-state index in [4.69, 9.17) is 4.74 Å². The Labute approximate surface area is 251 Å². The van der Waals surface area contributed by atoms with Gasteiger partial charge in [0.25, 0.3) is 0 Å². The molecule has 0 bridgehead atoms. The van der Waals surface area contributed by atoms with E-state index in [1.807, 2.05) is 0 Å². The number of benzene rings is 1. The lowest BCUT2D eigenvalue weighted by molar-refractivity contribution is -0.137. The molecule has 0 spiro atoms. The Kier molecular flexibility index (Phi) is 9.34. The number of hydrogen-bond acceptors (Lipinski definition) is 9. The zero-order valence-corrected chi connectivity index (χ0v) is 25.4. The molecule has 2 atom stereocenters. The summed E-state index contributed by atoms with van der Waals surface area (Å²) in [5.74, 6) is -1.88. The van der Waals surface area contributed by atoms with E-state index in [0.717, 1.165) is 17.0 Å². The number of aliphatic hydroxyl groups is 1. The van der Waals surface area contributed by atoms with Gasteiger partial charge >= 0.3 is 12.3 Å². The summed E-state index contributed by atoms with van der Waals surface area (Å²) in [5, 5.41) is 12.7. The third kappa shape index (κ3) is 8.24. The van der Waals surface area contributed by atoms with E-state index >= 15 is 4.39 Å². The molecule has 1 aromatic heterocycles. The molecular formula is C27H35F5N6O5S. The Morgan fingerprint density at radius 3 is 2.39 bits per heavy atom. The number of likely N-dealkylation sites (tertiary alicyclic amines) is 1. The van der Waals surface area contributed by atoms with E-state index in [-0.39, 0.29) is 50.5 Å². The van der Waals surface area contributed by atoms with Crippen LogP contribution in [0.4, 0.5) is 44.2 Å². The molecular weight excluding hydrogens is 615 g/mol. The second kappa shape index (κ2) is 12.2. The first kappa shape index (κ1) is 33.6. The van der Waals surface area contributed by atoms with Crippen molar-refractivity contribution in [2.75, 3.05) is 36.4 Å². The maximum Gasteiger partial charge on any atom is 0.421 e. The molecule has 1 amide bonds. The number of hydrogen-bond donors (Lipinski definition) is 3. The molecule has 3 heterocycles. The normalized spacial score (nSPS) is 21.2. The zero-order chi connectivity index (χ0) is 32.7. The highest BCUT2D eigenvalue weighted by Crippen LogP contribution is 2.37. The van der Waals surface area contributed by atoms with Crippen molar-refractivity contribution < 1.29 is 45.0 Å². The molecule has 44 heavy (non-hydrogen) atoms. The average molecular weight is 651 g/mol. The van der Waals surface area contributed by atoms with Crippen LogP contribution in [0.2, 0.25) is 0 Å². The smallest absolute Gasteiger partial charge is 0.421 e. The number of halogens is 5. The molecule has 11 nitrogen and oxygen atoms in total. The van der Waals surface area contributed by atoms with Gasteiger partial charge in [-0.25, -0.2) is 31.7 Å². The van der Waals surface area contributed by atoms with E-state index in [2.05, 4.69) is 20.0 Å². The van der Waals surface area contributed by atoms with Gasteiger partial charge in [0.05, 0.1) is 28.8 Å². The Morgan fingerprint density at radius 2 is 1.82 bits per heavy atom. The molecule has 244 valence electrons. The molecule has 2 fully saturated rings.